The van der Waals surface area contributed by atoms with E-state index in [1.807, 2.05) is 11.3 Å². The van der Waals surface area contributed by atoms with Crippen LogP contribution in [0.3, 0.4) is 0 Å². The zero-order valence-electron chi connectivity index (χ0n) is 32.9. The van der Waals surface area contributed by atoms with Gasteiger partial charge in [-0.3, -0.25) is 0 Å². The highest BCUT2D eigenvalue weighted by molar-refractivity contribution is 7.26. The van der Waals surface area contributed by atoms with Gasteiger partial charge in [0.2, 0.25) is 0 Å². The summed E-state index contributed by atoms with van der Waals surface area (Å²) in [5.74, 6) is 0. The van der Waals surface area contributed by atoms with Crippen LogP contribution in [0.2, 0.25) is 0 Å². The van der Waals surface area contributed by atoms with E-state index in [1.54, 1.807) is 0 Å². The highest BCUT2D eigenvalue weighted by atomic mass is 32.1. The molecular formula is C58H39NS. The van der Waals surface area contributed by atoms with Gasteiger partial charge in [0.15, 0.2) is 0 Å². The van der Waals surface area contributed by atoms with Gasteiger partial charge >= 0.3 is 0 Å². The molecule has 0 aliphatic heterocycles. The monoisotopic (exact) mass is 781 g/mol. The molecule has 60 heavy (non-hydrogen) atoms. The van der Waals surface area contributed by atoms with Crippen molar-refractivity contribution in [1.29, 1.82) is 0 Å². The number of hydrogen-bond acceptors (Lipinski definition) is 2. The Labute approximate surface area is 354 Å². The van der Waals surface area contributed by atoms with Crippen LogP contribution in [0.25, 0.3) is 86.6 Å². The van der Waals surface area contributed by atoms with Crippen LogP contribution in [-0.4, -0.2) is 0 Å². The summed E-state index contributed by atoms with van der Waals surface area (Å²) in [5.41, 5.74) is 15.3. The number of benzene rings is 10. The molecule has 1 aromatic heterocycles. The van der Waals surface area contributed by atoms with Gasteiger partial charge < -0.3 is 4.90 Å². The molecule has 0 atom stereocenters. The Bertz CT molecular complexity index is 3320. The molecule has 0 aliphatic rings. The maximum Gasteiger partial charge on any atom is 0.0540 e. The van der Waals surface area contributed by atoms with Gasteiger partial charge in [0.05, 0.1) is 5.69 Å². The Morgan fingerprint density at radius 1 is 0.283 bits per heavy atom. The minimum atomic E-state index is 1.09. The second-order valence-electron chi connectivity index (χ2n) is 15.2. The minimum absolute atomic E-state index is 1.09. The molecule has 2 heteroatoms. The maximum absolute atomic E-state index is 2.43. The summed E-state index contributed by atoms with van der Waals surface area (Å²) in [5, 5.41) is 5.11. The van der Waals surface area contributed by atoms with Crippen molar-refractivity contribution in [2.75, 3.05) is 4.90 Å². The largest absolute Gasteiger partial charge is 0.310 e. The fourth-order valence-corrected chi connectivity index (χ4v) is 10.1. The predicted molar refractivity (Wildman–Crippen MR) is 259 cm³/mol. The summed E-state index contributed by atoms with van der Waals surface area (Å²) in [6.45, 7) is 0. The van der Waals surface area contributed by atoms with Gasteiger partial charge in [-0.15, -0.1) is 11.3 Å². The molecule has 11 rings (SSSR count). The normalized spacial score (nSPS) is 11.3. The first-order valence-electron chi connectivity index (χ1n) is 20.5. The number of hydrogen-bond donors (Lipinski definition) is 0. The number of thiophene rings is 1. The number of anilines is 3. The van der Waals surface area contributed by atoms with Crippen molar-refractivity contribution in [1.82, 2.24) is 0 Å². The van der Waals surface area contributed by atoms with Crippen LogP contribution in [-0.2, 0) is 0 Å². The molecule has 0 fully saturated rings. The molecule has 10 aromatic carbocycles. The second kappa shape index (κ2) is 15.3. The molecule has 0 radical (unpaired) electrons. The highest BCUT2D eigenvalue weighted by Crippen LogP contribution is 2.47. The van der Waals surface area contributed by atoms with Gasteiger partial charge in [-0.25, -0.2) is 0 Å². The van der Waals surface area contributed by atoms with E-state index in [4.69, 9.17) is 0 Å². The molecule has 0 bridgehead atoms. The third kappa shape index (κ3) is 6.44. The Kier molecular flexibility index (Phi) is 9.11. The molecule has 11 aromatic rings. The molecule has 0 saturated heterocycles. The van der Waals surface area contributed by atoms with E-state index in [9.17, 15) is 0 Å². The van der Waals surface area contributed by atoms with Gasteiger partial charge in [0.1, 0.15) is 0 Å². The number of rotatable bonds is 8. The molecule has 0 spiro atoms. The zero-order chi connectivity index (χ0) is 39.8. The summed E-state index contributed by atoms with van der Waals surface area (Å²) in [4.78, 5) is 2.43. The number of nitrogens with zero attached hydrogens (tertiary/aromatic N) is 1. The molecule has 0 N–H and O–H groups in total. The molecule has 282 valence electrons. The lowest BCUT2D eigenvalue weighted by Gasteiger charge is -2.29. The van der Waals surface area contributed by atoms with Gasteiger partial charge in [-0.05, 0) is 103 Å². The maximum atomic E-state index is 2.43. The summed E-state index contributed by atoms with van der Waals surface area (Å²) >= 11 is 1.88. The lowest BCUT2D eigenvalue weighted by molar-refractivity contribution is 1.28. The SMILES string of the molecule is c1ccc(-c2ccccc2-c2ccccc2-c2ccccc2N(c2ccc(-c3cccc4c3sc3ccccc34)cc2)c2cccc(-c3ccc4ccccc4c3)c2)cc1. The summed E-state index contributed by atoms with van der Waals surface area (Å²) in [7, 11) is 0. The van der Waals surface area contributed by atoms with E-state index in [0.29, 0.717) is 0 Å². The van der Waals surface area contributed by atoms with Crippen molar-refractivity contribution >= 4 is 59.3 Å². The van der Waals surface area contributed by atoms with Gasteiger partial charge in [0.25, 0.3) is 0 Å². The first-order valence-corrected chi connectivity index (χ1v) is 21.3. The topological polar surface area (TPSA) is 3.24 Å². The van der Waals surface area contributed by atoms with Crippen molar-refractivity contribution in [3.8, 4) is 55.6 Å². The standard InChI is InChI=1S/C58H39NS/c1-2-17-41(18-3-1)48-22-6-7-23-50(48)51-24-8-9-25-52(51)53-26-10-12-30-56(53)59(47-21-14-20-44(39-47)45-33-32-40-16-4-5-19-43(40)38-45)46-36-34-42(35-37-46)49-28-15-29-55-54-27-11-13-31-57(54)60-58(49)55/h1-39H. The van der Waals surface area contributed by atoms with Crippen molar-refractivity contribution in [3.05, 3.63) is 237 Å². The number of fused-ring (bicyclic) bond motifs is 4. The Morgan fingerprint density at radius 3 is 1.63 bits per heavy atom. The molecule has 0 saturated carbocycles. The number of para-hydroxylation sites is 1. The summed E-state index contributed by atoms with van der Waals surface area (Å²) in [6, 6.07) is 86.2. The van der Waals surface area contributed by atoms with E-state index < -0.39 is 0 Å². The van der Waals surface area contributed by atoms with Crippen molar-refractivity contribution < 1.29 is 0 Å². The molecule has 0 amide bonds. The third-order valence-corrected chi connectivity index (χ3v) is 12.9. The lowest BCUT2D eigenvalue weighted by atomic mass is 9.88. The van der Waals surface area contributed by atoms with Crippen LogP contribution in [0.15, 0.2) is 237 Å². The molecule has 0 aliphatic carbocycles. The molecule has 1 nitrogen and oxygen atoms in total. The van der Waals surface area contributed by atoms with E-state index in [0.717, 1.165) is 22.6 Å². The molecule has 1 heterocycles. The van der Waals surface area contributed by atoms with Crippen molar-refractivity contribution in [3.63, 3.8) is 0 Å². The smallest absolute Gasteiger partial charge is 0.0540 e. The summed E-state index contributed by atoms with van der Waals surface area (Å²) < 4.78 is 2.64. The molecule has 0 unspecified atom stereocenters. The van der Waals surface area contributed by atoms with Crippen molar-refractivity contribution in [2.45, 2.75) is 0 Å². The van der Waals surface area contributed by atoms with Crippen LogP contribution in [0.5, 0.6) is 0 Å². The Balaban J connectivity index is 1.08. The first kappa shape index (κ1) is 35.6. The van der Waals surface area contributed by atoms with Gasteiger partial charge in [-0.1, -0.05) is 194 Å². The van der Waals surface area contributed by atoms with Crippen LogP contribution >= 0.6 is 11.3 Å². The van der Waals surface area contributed by atoms with Crippen molar-refractivity contribution in [2.24, 2.45) is 0 Å². The fraction of sp³-hybridized carbons (Fsp3) is 0. The predicted octanol–water partition coefficient (Wildman–Crippen LogP) is 17.0. The molecular weight excluding hydrogens is 743 g/mol. The van der Waals surface area contributed by atoms with E-state index in [1.165, 1.54) is 81.0 Å². The lowest BCUT2D eigenvalue weighted by Crippen LogP contribution is -2.11. The Morgan fingerprint density at radius 2 is 0.817 bits per heavy atom. The third-order valence-electron chi connectivity index (χ3n) is 11.7. The fourth-order valence-electron chi connectivity index (χ4n) is 8.82. The van der Waals surface area contributed by atoms with E-state index in [-0.39, 0.29) is 0 Å². The van der Waals surface area contributed by atoms with Crippen LogP contribution < -0.4 is 4.90 Å². The van der Waals surface area contributed by atoms with Crippen LogP contribution in [0.4, 0.5) is 17.1 Å². The highest BCUT2D eigenvalue weighted by Gasteiger charge is 2.21. The van der Waals surface area contributed by atoms with Gasteiger partial charge in [0, 0.05) is 37.1 Å². The minimum Gasteiger partial charge on any atom is -0.310 e. The second-order valence-corrected chi connectivity index (χ2v) is 16.3. The van der Waals surface area contributed by atoms with Crippen LogP contribution in [0, 0.1) is 0 Å². The van der Waals surface area contributed by atoms with E-state index in [2.05, 4.69) is 241 Å². The van der Waals surface area contributed by atoms with E-state index >= 15 is 0 Å². The van der Waals surface area contributed by atoms with Gasteiger partial charge in [-0.2, -0.15) is 0 Å². The Hall–Kier alpha value is -7.52. The first-order chi connectivity index (χ1) is 29.8. The summed E-state index contributed by atoms with van der Waals surface area (Å²) in [6.07, 6.45) is 0. The zero-order valence-corrected chi connectivity index (χ0v) is 33.7. The average molecular weight is 782 g/mol. The average Bonchev–Trinajstić information content (AvgIpc) is 3.71. The quantitative estimate of drug-likeness (QED) is 0.148. The van der Waals surface area contributed by atoms with Crippen LogP contribution in [0.1, 0.15) is 0 Å².